The molecule has 0 bridgehead atoms. The number of thiophene rings is 1. The summed E-state index contributed by atoms with van der Waals surface area (Å²) in [7, 11) is 4.35. The average molecular weight is 363 g/mol. The Labute approximate surface area is 150 Å². The molecule has 0 aliphatic heterocycles. The molecule has 134 valence electrons. The lowest BCUT2D eigenvalue weighted by atomic mass is 10.1. The fourth-order valence-electron chi connectivity index (χ4n) is 2.57. The molecule has 0 spiro atoms. The lowest BCUT2D eigenvalue weighted by molar-refractivity contribution is 0.0601. The molecule has 0 unspecified atom stereocenters. The zero-order valence-electron chi connectivity index (χ0n) is 14.9. The van der Waals surface area contributed by atoms with Gasteiger partial charge in [-0.1, -0.05) is 6.92 Å². The molecule has 0 radical (unpaired) electrons. The first-order chi connectivity index (χ1) is 12.0. The molecule has 0 fully saturated rings. The second-order valence-corrected chi connectivity index (χ2v) is 6.43. The summed E-state index contributed by atoms with van der Waals surface area (Å²) in [6.07, 6.45) is 0.675. The van der Waals surface area contributed by atoms with Crippen molar-refractivity contribution in [3.63, 3.8) is 0 Å². The van der Waals surface area contributed by atoms with Crippen LogP contribution in [0.3, 0.4) is 0 Å². The largest absolute Gasteiger partial charge is 0.497 e. The van der Waals surface area contributed by atoms with Crippen molar-refractivity contribution in [1.29, 1.82) is 0 Å². The van der Waals surface area contributed by atoms with E-state index in [2.05, 4.69) is 5.32 Å². The minimum atomic E-state index is -0.460. The zero-order valence-corrected chi connectivity index (χ0v) is 15.7. The first kappa shape index (κ1) is 18.8. The van der Waals surface area contributed by atoms with Crippen LogP contribution in [0.5, 0.6) is 11.5 Å². The number of benzene rings is 1. The third kappa shape index (κ3) is 3.76. The summed E-state index contributed by atoms with van der Waals surface area (Å²) in [5.41, 5.74) is 1.64. The van der Waals surface area contributed by atoms with Gasteiger partial charge >= 0.3 is 5.97 Å². The standard InChI is InChI=1S/C18H21NO5S/c1-6-12-10(2)25-17(15(12)18(21)24-5)19-16(20)13-8-7-11(22-3)9-14(13)23-4/h7-9H,6H2,1-5H3,(H,19,20). The van der Waals surface area contributed by atoms with Crippen molar-refractivity contribution in [2.24, 2.45) is 0 Å². The minimum Gasteiger partial charge on any atom is -0.497 e. The highest BCUT2D eigenvalue weighted by atomic mass is 32.1. The van der Waals surface area contributed by atoms with Gasteiger partial charge in [0, 0.05) is 10.9 Å². The third-order valence-corrected chi connectivity index (χ3v) is 4.90. The smallest absolute Gasteiger partial charge is 0.341 e. The van der Waals surface area contributed by atoms with Crippen molar-refractivity contribution in [2.75, 3.05) is 26.6 Å². The molecule has 0 aliphatic carbocycles. The molecule has 1 heterocycles. The Morgan fingerprint density at radius 3 is 2.44 bits per heavy atom. The quantitative estimate of drug-likeness (QED) is 0.793. The van der Waals surface area contributed by atoms with E-state index in [-0.39, 0.29) is 5.91 Å². The Hall–Kier alpha value is -2.54. The van der Waals surface area contributed by atoms with E-state index in [0.29, 0.717) is 34.0 Å². The number of hydrogen-bond donors (Lipinski definition) is 1. The van der Waals surface area contributed by atoms with E-state index in [0.717, 1.165) is 10.4 Å². The van der Waals surface area contributed by atoms with Crippen LogP contribution in [-0.2, 0) is 11.2 Å². The molecule has 6 nitrogen and oxygen atoms in total. The molecule has 1 aromatic heterocycles. The van der Waals surface area contributed by atoms with Gasteiger partial charge in [0.1, 0.15) is 16.5 Å². The van der Waals surface area contributed by atoms with E-state index in [9.17, 15) is 9.59 Å². The summed E-state index contributed by atoms with van der Waals surface area (Å²) in [5, 5.41) is 3.28. The van der Waals surface area contributed by atoms with Gasteiger partial charge in [0.05, 0.1) is 32.5 Å². The Bertz CT molecular complexity index is 797. The lowest BCUT2D eigenvalue weighted by Gasteiger charge is -2.11. The Morgan fingerprint density at radius 1 is 1.16 bits per heavy atom. The number of anilines is 1. The van der Waals surface area contributed by atoms with Gasteiger partial charge in [-0.3, -0.25) is 4.79 Å². The number of carbonyl (C=O) groups is 2. The number of esters is 1. The fourth-order valence-corrected chi connectivity index (χ4v) is 3.70. The SMILES string of the molecule is CCc1c(C)sc(NC(=O)c2ccc(OC)cc2OC)c1C(=O)OC. The van der Waals surface area contributed by atoms with E-state index in [4.69, 9.17) is 14.2 Å². The summed E-state index contributed by atoms with van der Waals surface area (Å²) < 4.78 is 15.3. The molecular formula is C18H21NO5S. The molecular weight excluding hydrogens is 342 g/mol. The van der Waals surface area contributed by atoms with Crippen LogP contribution in [0, 0.1) is 6.92 Å². The molecule has 7 heteroatoms. The van der Waals surface area contributed by atoms with Gasteiger partial charge in [-0.2, -0.15) is 0 Å². The van der Waals surface area contributed by atoms with Gasteiger partial charge in [0.2, 0.25) is 0 Å². The van der Waals surface area contributed by atoms with Crippen molar-refractivity contribution in [3.05, 3.63) is 39.8 Å². The van der Waals surface area contributed by atoms with E-state index in [1.807, 2.05) is 13.8 Å². The Balaban J connectivity index is 2.40. The number of hydrogen-bond acceptors (Lipinski definition) is 6. The molecule has 1 aromatic carbocycles. The van der Waals surface area contributed by atoms with Gasteiger partial charge in [0.15, 0.2) is 0 Å². The van der Waals surface area contributed by atoms with Crippen LogP contribution in [0.1, 0.15) is 38.1 Å². The summed E-state index contributed by atoms with van der Waals surface area (Å²) in [6.45, 7) is 3.87. The van der Waals surface area contributed by atoms with Crippen LogP contribution in [-0.4, -0.2) is 33.2 Å². The molecule has 2 rings (SSSR count). The second kappa shape index (κ2) is 8.02. The number of rotatable bonds is 6. The Kier molecular flexibility index (Phi) is 6.03. The third-order valence-electron chi connectivity index (χ3n) is 3.83. The lowest BCUT2D eigenvalue weighted by Crippen LogP contribution is -2.15. The van der Waals surface area contributed by atoms with E-state index in [1.165, 1.54) is 32.7 Å². The molecule has 2 aromatic rings. The maximum absolute atomic E-state index is 12.7. The van der Waals surface area contributed by atoms with Gasteiger partial charge in [-0.05, 0) is 31.0 Å². The van der Waals surface area contributed by atoms with Crippen LogP contribution in [0.4, 0.5) is 5.00 Å². The van der Waals surface area contributed by atoms with Crippen LogP contribution in [0.15, 0.2) is 18.2 Å². The van der Waals surface area contributed by atoms with E-state index in [1.54, 1.807) is 18.2 Å². The number of nitrogens with one attached hydrogen (secondary N) is 1. The highest BCUT2D eigenvalue weighted by molar-refractivity contribution is 7.16. The number of methoxy groups -OCH3 is 3. The molecule has 0 atom stereocenters. The highest BCUT2D eigenvalue weighted by Gasteiger charge is 2.24. The number of amides is 1. The van der Waals surface area contributed by atoms with E-state index >= 15 is 0 Å². The molecule has 25 heavy (non-hydrogen) atoms. The molecule has 1 N–H and O–H groups in total. The first-order valence-electron chi connectivity index (χ1n) is 7.70. The maximum Gasteiger partial charge on any atom is 0.341 e. The summed E-state index contributed by atoms with van der Waals surface area (Å²) >= 11 is 1.36. The fraction of sp³-hybridized carbons (Fsp3) is 0.333. The second-order valence-electron chi connectivity index (χ2n) is 5.21. The van der Waals surface area contributed by atoms with Crippen molar-refractivity contribution in [3.8, 4) is 11.5 Å². The number of carbonyl (C=O) groups excluding carboxylic acids is 2. The predicted molar refractivity (Wildman–Crippen MR) is 97.3 cm³/mol. The first-order valence-corrected chi connectivity index (χ1v) is 8.52. The van der Waals surface area contributed by atoms with Crippen LogP contribution < -0.4 is 14.8 Å². The van der Waals surface area contributed by atoms with Crippen LogP contribution >= 0.6 is 11.3 Å². The van der Waals surface area contributed by atoms with Crippen molar-refractivity contribution < 1.29 is 23.8 Å². The number of aryl methyl sites for hydroxylation is 1. The van der Waals surface area contributed by atoms with E-state index < -0.39 is 5.97 Å². The summed E-state index contributed by atoms with van der Waals surface area (Å²) in [6, 6.07) is 4.93. The van der Waals surface area contributed by atoms with Gasteiger partial charge in [-0.15, -0.1) is 11.3 Å². The zero-order chi connectivity index (χ0) is 18.6. The summed E-state index contributed by atoms with van der Waals surface area (Å²) in [5.74, 6) is 0.149. The van der Waals surface area contributed by atoms with Gasteiger partial charge in [0.25, 0.3) is 5.91 Å². The van der Waals surface area contributed by atoms with Gasteiger partial charge in [-0.25, -0.2) is 4.79 Å². The molecule has 0 aliphatic rings. The normalized spacial score (nSPS) is 10.3. The molecule has 1 amide bonds. The van der Waals surface area contributed by atoms with Crippen molar-refractivity contribution in [2.45, 2.75) is 20.3 Å². The monoisotopic (exact) mass is 363 g/mol. The minimum absolute atomic E-state index is 0.350. The number of ether oxygens (including phenoxy) is 3. The predicted octanol–water partition coefficient (Wildman–Crippen LogP) is 3.68. The van der Waals surface area contributed by atoms with Crippen LogP contribution in [0.2, 0.25) is 0 Å². The highest BCUT2D eigenvalue weighted by Crippen LogP contribution is 2.35. The van der Waals surface area contributed by atoms with Crippen molar-refractivity contribution >= 4 is 28.2 Å². The van der Waals surface area contributed by atoms with Crippen LogP contribution in [0.25, 0.3) is 0 Å². The topological polar surface area (TPSA) is 73.9 Å². The van der Waals surface area contributed by atoms with Crippen molar-refractivity contribution in [1.82, 2.24) is 0 Å². The molecule has 0 saturated carbocycles. The van der Waals surface area contributed by atoms with Gasteiger partial charge < -0.3 is 19.5 Å². The summed E-state index contributed by atoms with van der Waals surface area (Å²) in [4.78, 5) is 25.8. The molecule has 0 saturated heterocycles. The average Bonchev–Trinajstić information content (AvgIpc) is 2.94. The maximum atomic E-state index is 12.7. The Morgan fingerprint density at radius 2 is 1.88 bits per heavy atom.